The standard InChI is InChI=1S/C35H41ClFN3O6S/c1-2-45-25-13-16-40(20-25)35(39-14-5-6-15-39,46-24-11-9-22(10-12-24)34(43)44)32(41)18-23-17-28(36)30(19-29(23)37)38-33(42)27-21-47-31-8-4-3-7-26(27)31/h3-4,7-8,17,19,21-22,24-25H,2,5-6,9-16,18,20H2,1H3,(H,38,42)(H,43,44)/t22-,24-,25-,35?/m1/s1. The third-order valence-electron chi connectivity index (χ3n) is 9.69. The highest BCUT2D eigenvalue weighted by molar-refractivity contribution is 7.17. The number of Topliss-reactive ketones (excluding diaryl/α,β-unsaturated/α-hetero) is 1. The first kappa shape index (κ1) is 34.0. The van der Waals surface area contributed by atoms with Crippen LogP contribution in [0.3, 0.4) is 0 Å². The minimum absolute atomic E-state index is 0.0597. The zero-order valence-electron chi connectivity index (χ0n) is 26.5. The Morgan fingerprint density at radius 1 is 1.04 bits per heavy atom. The molecule has 1 aliphatic carbocycles. The Labute approximate surface area is 283 Å². The summed E-state index contributed by atoms with van der Waals surface area (Å²) in [6, 6.07) is 10.1. The molecule has 252 valence electrons. The maximum absolute atomic E-state index is 15.8. The minimum atomic E-state index is -1.45. The van der Waals surface area contributed by atoms with E-state index in [1.807, 2.05) is 36.1 Å². The maximum Gasteiger partial charge on any atom is 0.306 e. The van der Waals surface area contributed by atoms with E-state index in [-0.39, 0.29) is 40.7 Å². The Bertz CT molecular complexity index is 1620. The smallest absolute Gasteiger partial charge is 0.306 e. The summed E-state index contributed by atoms with van der Waals surface area (Å²) in [7, 11) is 0. The van der Waals surface area contributed by atoms with Crippen LogP contribution in [0.1, 0.15) is 67.8 Å². The van der Waals surface area contributed by atoms with E-state index in [2.05, 4.69) is 10.2 Å². The van der Waals surface area contributed by atoms with Crippen molar-refractivity contribution in [3.05, 3.63) is 63.7 Å². The van der Waals surface area contributed by atoms with E-state index in [4.69, 9.17) is 21.1 Å². The average molecular weight is 686 g/mol. The summed E-state index contributed by atoms with van der Waals surface area (Å²) < 4.78 is 29.6. The number of rotatable bonds is 12. The molecule has 3 heterocycles. The van der Waals surface area contributed by atoms with E-state index in [0.717, 1.165) is 29.3 Å². The second-order valence-electron chi connectivity index (χ2n) is 12.7. The number of ketones is 1. The lowest BCUT2D eigenvalue weighted by atomic mass is 9.87. The number of likely N-dealkylation sites (tertiary alicyclic amines) is 2. The molecule has 2 aliphatic heterocycles. The number of carbonyl (C=O) groups is 3. The number of hydrogen-bond donors (Lipinski definition) is 2. The monoisotopic (exact) mass is 685 g/mol. The molecule has 12 heteroatoms. The van der Waals surface area contributed by atoms with Crippen LogP contribution < -0.4 is 5.32 Å². The van der Waals surface area contributed by atoms with Crippen molar-refractivity contribution >= 4 is 56.4 Å². The van der Waals surface area contributed by atoms with Crippen LogP contribution in [-0.2, 0) is 25.5 Å². The summed E-state index contributed by atoms with van der Waals surface area (Å²) in [5, 5.41) is 15.0. The first-order valence-corrected chi connectivity index (χ1v) is 17.8. The van der Waals surface area contributed by atoms with Crippen molar-refractivity contribution in [3.8, 4) is 0 Å². The van der Waals surface area contributed by atoms with Gasteiger partial charge >= 0.3 is 5.97 Å². The van der Waals surface area contributed by atoms with Crippen LogP contribution in [0.15, 0.2) is 41.8 Å². The highest BCUT2D eigenvalue weighted by atomic mass is 35.5. The fraction of sp³-hybridized carbons (Fsp3) is 0.514. The van der Waals surface area contributed by atoms with E-state index in [1.54, 1.807) is 5.38 Å². The van der Waals surface area contributed by atoms with E-state index in [0.29, 0.717) is 64.0 Å². The summed E-state index contributed by atoms with van der Waals surface area (Å²) in [5.41, 5.74) is 0.709. The quantitative estimate of drug-likeness (QED) is 0.220. The van der Waals surface area contributed by atoms with Crippen molar-refractivity contribution < 1.29 is 33.4 Å². The van der Waals surface area contributed by atoms with Crippen LogP contribution in [-0.4, -0.2) is 83.4 Å². The number of nitrogens with zero attached hydrogens (tertiary/aromatic N) is 2. The van der Waals surface area contributed by atoms with Gasteiger partial charge in [-0.2, -0.15) is 0 Å². The van der Waals surface area contributed by atoms with Crippen LogP contribution in [0.25, 0.3) is 10.1 Å². The summed E-state index contributed by atoms with van der Waals surface area (Å²) >= 11 is 8.07. The molecule has 6 rings (SSSR count). The SMILES string of the molecule is CCO[C@@H]1CCN(C(O[C@H]2CC[C@H](C(=O)O)CC2)(C(=O)Cc2cc(Cl)c(NC(=O)c3csc4ccccc34)cc2F)N2CCCC2)C1. The predicted molar refractivity (Wildman–Crippen MR) is 180 cm³/mol. The number of aliphatic carboxylic acids is 1. The molecule has 1 unspecified atom stereocenters. The Morgan fingerprint density at radius 3 is 2.51 bits per heavy atom. The van der Waals surface area contributed by atoms with E-state index in [9.17, 15) is 19.5 Å². The highest BCUT2D eigenvalue weighted by Crippen LogP contribution is 2.38. The molecule has 1 saturated carbocycles. The molecule has 0 spiro atoms. The number of carboxylic acids is 1. The zero-order valence-corrected chi connectivity index (χ0v) is 28.1. The number of benzene rings is 2. The van der Waals surface area contributed by atoms with E-state index < -0.39 is 29.5 Å². The molecule has 3 fully saturated rings. The molecule has 2 N–H and O–H groups in total. The maximum atomic E-state index is 15.8. The van der Waals surface area contributed by atoms with Crippen molar-refractivity contribution in [2.24, 2.45) is 5.92 Å². The topological polar surface area (TPSA) is 108 Å². The number of carboxylic acid groups (broad SMARTS) is 1. The first-order chi connectivity index (χ1) is 22.7. The van der Waals surface area contributed by atoms with Crippen molar-refractivity contribution in [2.45, 2.75) is 76.3 Å². The molecule has 1 aromatic heterocycles. The van der Waals surface area contributed by atoms with E-state index in [1.165, 1.54) is 23.5 Å². The van der Waals surface area contributed by atoms with Crippen LogP contribution in [0.4, 0.5) is 10.1 Å². The number of thiophene rings is 1. The van der Waals surface area contributed by atoms with Crippen molar-refractivity contribution in [1.82, 2.24) is 9.80 Å². The van der Waals surface area contributed by atoms with Gasteiger partial charge in [0.05, 0.1) is 34.4 Å². The fourth-order valence-electron chi connectivity index (χ4n) is 7.27. The molecule has 1 amide bonds. The number of hydrogen-bond acceptors (Lipinski definition) is 8. The van der Waals surface area contributed by atoms with E-state index >= 15 is 4.39 Å². The van der Waals surface area contributed by atoms with Gasteiger partial charge in [0.25, 0.3) is 5.91 Å². The molecular weight excluding hydrogens is 645 g/mol. The second-order valence-corrected chi connectivity index (χ2v) is 14.0. The number of carbonyl (C=O) groups excluding carboxylic acids is 2. The number of halogens is 2. The number of amides is 1. The Balaban J connectivity index is 1.27. The lowest BCUT2D eigenvalue weighted by Crippen LogP contribution is -2.67. The highest BCUT2D eigenvalue weighted by Gasteiger charge is 2.54. The van der Waals surface area contributed by atoms with Crippen molar-refractivity contribution in [1.29, 1.82) is 0 Å². The van der Waals surface area contributed by atoms with Crippen molar-refractivity contribution in [2.75, 3.05) is 38.1 Å². The molecule has 9 nitrogen and oxygen atoms in total. The van der Waals surface area contributed by atoms with Gasteiger partial charge in [-0.1, -0.05) is 29.8 Å². The van der Waals surface area contributed by atoms with Crippen molar-refractivity contribution in [3.63, 3.8) is 0 Å². The van der Waals surface area contributed by atoms with Gasteiger partial charge in [0.15, 0.2) is 5.78 Å². The lowest BCUT2D eigenvalue weighted by molar-refractivity contribution is -0.253. The third kappa shape index (κ3) is 7.11. The van der Waals surface area contributed by atoms with Crippen LogP contribution in [0, 0.1) is 11.7 Å². The van der Waals surface area contributed by atoms with Gasteiger partial charge in [-0.15, -0.1) is 11.3 Å². The fourth-order valence-corrected chi connectivity index (χ4v) is 8.45. The molecule has 2 atom stereocenters. The van der Waals surface area contributed by atoms with Crippen LogP contribution in [0.2, 0.25) is 5.02 Å². The first-order valence-electron chi connectivity index (χ1n) is 16.5. The lowest BCUT2D eigenvalue weighted by Gasteiger charge is -2.48. The minimum Gasteiger partial charge on any atom is -0.481 e. The predicted octanol–water partition coefficient (Wildman–Crippen LogP) is 6.58. The van der Waals surface area contributed by atoms with Gasteiger partial charge in [0.1, 0.15) is 5.82 Å². The molecule has 3 aromatic rings. The third-order valence-corrected chi connectivity index (χ3v) is 11.0. The van der Waals surface area contributed by atoms with Crippen LogP contribution >= 0.6 is 22.9 Å². The van der Waals surface area contributed by atoms with Gasteiger partial charge in [-0.05, 0) is 75.6 Å². The number of nitrogens with one attached hydrogen (secondary N) is 1. The molecule has 2 aromatic carbocycles. The summed E-state index contributed by atoms with van der Waals surface area (Å²) in [6.45, 7) is 4.86. The largest absolute Gasteiger partial charge is 0.481 e. The summed E-state index contributed by atoms with van der Waals surface area (Å²) in [4.78, 5) is 43.6. The molecule has 0 radical (unpaired) electrons. The average Bonchev–Trinajstić information content (AvgIpc) is 3.85. The Hall–Kier alpha value is -2.93. The molecule has 47 heavy (non-hydrogen) atoms. The van der Waals surface area contributed by atoms with Gasteiger partial charge in [0.2, 0.25) is 5.85 Å². The molecule has 2 saturated heterocycles. The van der Waals surface area contributed by atoms with Gasteiger partial charge in [-0.3, -0.25) is 24.2 Å². The van der Waals surface area contributed by atoms with Gasteiger partial charge in [0, 0.05) is 54.7 Å². The zero-order chi connectivity index (χ0) is 33.1. The molecule has 0 bridgehead atoms. The number of anilines is 1. The van der Waals surface area contributed by atoms with Gasteiger partial charge < -0.3 is 19.9 Å². The Kier molecular flexibility index (Phi) is 10.6. The molecular formula is C35H41ClFN3O6S. The normalized spacial score (nSPS) is 23.6. The number of ether oxygens (including phenoxy) is 2. The summed E-state index contributed by atoms with van der Waals surface area (Å²) in [6.07, 6.45) is 3.89. The molecule has 3 aliphatic rings. The van der Waals surface area contributed by atoms with Crippen LogP contribution in [0.5, 0.6) is 0 Å². The second kappa shape index (κ2) is 14.7. The summed E-state index contributed by atoms with van der Waals surface area (Å²) in [5.74, 6) is -4.03. The Morgan fingerprint density at radius 2 is 1.79 bits per heavy atom. The van der Waals surface area contributed by atoms with Gasteiger partial charge in [-0.25, -0.2) is 4.39 Å². The number of fused-ring (bicyclic) bond motifs is 1.